The molecule has 2 aliphatic rings. The summed E-state index contributed by atoms with van der Waals surface area (Å²) in [6.45, 7) is 6.39. The lowest BCUT2D eigenvalue weighted by Gasteiger charge is -2.45. The minimum absolute atomic E-state index is 0.0466. The number of hydrogen-bond acceptors (Lipinski definition) is 4. The van der Waals surface area contributed by atoms with Crippen molar-refractivity contribution in [3.8, 4) is 5.82 Å². The van der Waals surface area contributed by atoms with Crippen LogP contribution in [0.4, 0.5) is 4.79 Å². The molecule has 0 unspecified atom stereocenters. The van der Waals surface area contributed by atoms with E-state index in [9.17, 15) is 4.79 Å². The summed E-state index contributed by atoms with van der Waals surface area (Å²) in [5.41, 5.74) is 3.94. The van der Waals surface area contributed by atoms with Crippen molar-refractivity contribution in [2.24, 2.45) is 0 Å². The van der Waals surface area contributed by atoms with Crippen molar-refractivity contribution in [3.05, 3.63) is 54.1 Å². The molecule has 1 N–H and O–H groups in total. The molecule has 1 aliphatic heterocycles. The topological polar surface area (TPSA) is 66.3 Å². The number of carbonyl (C=O) groups is 1. The Hall–Kier alpha value is -2.93. The molecule has 1 saturated heterocycles. The predicted molar refractivity (Wildman–Crippen MR) is 122 cm³/mol. The number of urea groups is 1. The van der Waals surface area contributed by atoms with Crippen LogP contribution in [0.15, 0.2) is 43.0 Å². The Morgan fingerprint density at radius 1 is 1.26 bits per heavy atom. The van der Waals surface area contributed by atoms with Gasteiger partial charge in [-0.05, 0) is 50.9 Å². The number of carbonyl (C=O) groups excluding carboxylic acids is 1. The maximum Gasteiger partial charge on any atom is 0.317 e. The van der Waals surface area contributed by atoms with Crippen LogP contribution in [0.25, 0.3) is 16.7 Å². The average Bonchev–Trinajstić information content (AvgIpc) is 3.16. The third kappa shape index (κ3) is 3.37. The quantitative estimate of drug-likeness (QED) is 0.707. The van der Waals surface area contributed by atoms with E-state index in [4.69, 9.17) is 0 Å². The van der Waals surface area contributed by atoms with Gasteiger partial charge in [0.25, 0.3) is 0 Å². The molecule has 31 heavy (non-hydrogen) atoms. The van der Waals surface area contributed by atoms with Gasteiger partial charge in [0.1, 0.15) is 0 Å². The number of hydrogen-bond donors (Lipinski definition) is 1. The molecule has 2 aromatic heterocycles. The zero-order chi connectivity index (χ0) is 21.5. The van der Waals surface area contributed by atoms with Gasteiger partial charge in [0.05, 0.1) is 11.7 Å². The van der Waals surface area contributed by atoms with Crippen molar-refractivity contribution >= 4 is 16.9 Å². The van der Waals surface area contributed by atoms with Crippen LogP contribution < -0.4 is 5.32 Å². The van der Waals surface area contributed by atoms with Crippen molar-refractivity contribution in [2.45, 2.75) is 44.7 Å². The maximum absolute atomic E-state index is 12.7. The number of nitrogens with zero attached hydrogens (tertiary/aromatic N) is 5. The molecule has 3 atom stereocenters. The normalized spacial score (nSPS) is 22.9. The van der Waals surface area contributed by atoms with E-state index in [1.807, 2.05) is 24.9 Å². The summed E-state index contributed by atoms with van der Waals surface area (Å²) in [7, 11) is 2.19. The lowest BCUT2D eigenvalue weighted by molar-refractivity contribution is 0.124. The summed E-state index contributed by atoms with van der Waals surface area (Å²) >= 11 is 0. The van der Waals surface area contributed by atoms with E-state index in [1.54, 1.807) is 12.4 Å². The van der Waals surface area contributed by atoms with Crippen LogP contribution in [0.3, 0.4) is 0 Å². The fourth-order valence-electron chi connectivity index (χ4n) is 5.53. The number of benzene rings is 1. The maximum atomic E-state index is 12.7. The second-order valence-electron chi connectivity index (χ2n) is 8.70. The van der Waals surface area contributed by atoms with Crippen LogP contribution in [0, 0.1) is 0 Å². The van der Waals surface area contributed by atoms with Crippen molar-refractivity contribution < 1.29 is 4.79 Å². The van der Waals surface area contributed by atoms with Crippen LogP contribution in [-0.4, -0.2) is 69.1 Å². The molecule has 1 aromatic carbocycles. The third-order valence-electron chi connectivity index (χ3n) is 7.02. The van der Waals surface area contributed by atoms with Crippen LogP contribution in [-0.2, 0) is 6.42 Å². The molecule has 7 nitrogen and oxygen atoms in total. The van der Waals surface area contributed by atoms with E-state index >= 15 is 0 Å². The lowest BCUT2D eigenvalue weighted by atomic mass is 9.74. The summed E-state index contributed by atoms with van der Waals surface area (Å²) in [4.78, 5) is 25.7. The number of nitrogens with one attached hydrogen (secondary N) is 1. The summed E-state index contributed by atoms with van der Waals surface area (Å²) < 4.78 is 2.16. The number of amides is 2. The number of rotatable bonds is 4. The van der Waals surface area contributed by atoms with Crippen LogP contribution in [0.5, 0.6) is 0 Å². The highest BCUT2D eigenvalue weighted by Gasteiger charge is 2.40. The van der Waals surface area contributed by atoms with Gasteiger partial charge in [-0.2, -0.15) is 0 Å². The van der Waals surface area contributed by atoms with Gasteiger partial charge in [-0.3, -0.25) is 9.55 Å². The zero-order valence-corrected chi connectivity index (χ0v) is 18.5. The Morgan fingerprint density at radius 2 is 2.10 bits per heavy atom. The second-order valence-corrected chi connectivity index (χ2v) is 8.70. The SMILES string of the molecule is CCN(CC)C(=O)N[C@H]1C[C@@H]2c3cccc4c3c(cn4-c3cnccn3)C[C@H]2N(C)C1. The van der Waals surface area contributed by atoms with Gasteiger partial charge >= 0.3 is 6.03 Å². The standard InChI is InChI=1S/C24H30N6O/c1-4-29(5-2)24(31)27-17-12-19-18-7-6-8-20-23(18)16(11-21(19)28(3)15-17)14-30(20)22-13-25-9-10-26-22/h6-10,13-14,17,19,21H,4-5,11-12,15H2,1-3H3,(H,27,31)/t17-,19+,21+/m0/s1. The highest BCUT2D eigenvalue weighted by Crippen LogP contribution is 2.44. The van der Waals surface area contributed by atoms with Gasteiger partial charge in [0, 0.05) is 61.6 Å². The van der Waals surface area contributed by atoms with Gasteiger partial charge in [0.15, 0.2) is 5.82 Å². The van der Waals surface area contributed by atoms with Gasteiger partial charge in [-0.15, -0.1) is 0 Å². The van der Waals surface area contributed by atoms with Crippen LogP contribution >= 0.6 is 0 Å². The Morgan fingerprint density at radius 3 is 2.84 bits per heavy atom. The molecular weight excluding hydrogens is 388 g/mol. The Labute approximate surface area is 183 Å². The van der Waals surface area contributed by atoms with E-state index in [0.29, 0.717) is 12.0 Å². The number of likely N-dealkylation sites (tertiary alicyclic amines) is 1. The van der Waals surface area contributed by atoms with Crippen molar-refractivity contribution in [3.63, 3.8) is 0 Å². The van der Waals surface area contributed by atoms with Gasteiger partial charge in [0.2, 0.25) is 0 Å². The largest absolute Gasteiger partial charge is 0.334 e. The Balaban J connectivity index is 1.50. The second kappa shape index (κ2) is 7.96. The van der Waals surface area contributed by atoms with E-state index in [1.165, 1.54) is 22.0 Å². The monoisotopic (exact) mass is 418 g/mol. The smallest absolute Gasteiger partial charge is 0.317 e. The highest BCUT2D eigenvalue weighted by atomic mass is 16.2. The number of fused-ring (bicyclic) bond motifs is 2. The van der Waals surface area contributed by atoms with Gasteiger partial charge < -0.3 is 15.1 Å². The van der Waals surface area contributed by atoms with Gasteiger partial charge in [-0.25, -0.2) is 9.78 Å². The number of likely N-dealkylation sites (N-methyl/N-ethyl adjacent to an activating group) is 1. The summed E-state index contributed by atoms with van der Waals surface area (Å²) in [6, 6.07) is 7.23. The fourth-order valence-corrected chi connectivity index (χ4v) is 5.53. The summed E-state index contributed by atoms with van der Waals surface area (Å²) in [5, 5.41) is 4.64. The Bertz CT molecular complexity index is 1090. The third-order valence-corrected chi connectivity index (χ3v) is 7.02. The van der Waals surface area contributed by atoms with E-state index in [0.717, 1.165) is 38.3 Å². The summed E-state index contributed by atoms with van der Waals surface area (Å²) in [5.74, 6) is 1.24. The molecule has 7 heteroatoms. The molecule has 3 heterocycles. The van der Waals surface area contributed by atoms with E-state index in [-0.39, 0.29) is 12.1 Å². The first-order valence-electron chi connectivity index (χ1n) is 11.3. The minimum Gasteiger partial charge on any atom is -0.334 e. The van der Waals surface area contributed by atoms with Crippen molar-refractivity contribution in [2.75, 3.05) is 26.7 Å². The van der Waals surface area contributed by atoms with E-state index < -0.39 is 0 Å². The van der Waals surface area contributed by atoms with Crippen LogP contribution in [0.1, 0.15) is 37.3 Å². The molecule has 1 fully saturated rings. The lowest BCUT2D eigenvalue weighted by Crippen LogP contribution is -2.56. The van der Waals surface area contributed by atoms with Crippen LogP contribution in [0.2, 0.25) is 0 Å². The number of piperidine rings is 1. The Kier molecular flexibility index (Phi) is 5.14. The van der Waals surface area contributed by atoms with E-state index in [2.05, 4.69) is 56.2 Å². The molecule has 0 spiro atoms. The molecule has 162 valence electrons. The fraction of sp³-hybridized carbons (Fsp3) is 0.458. The first-order valence-corrected chi connectivity index (χ1v) is 11.3. The first kappa shape index (κ1) is 20.0. The molecule has 3 aromatic rings. The molecule has 1 aliphatic carbocycles. The molecule has 0 radical (unpaired) electrons. The molecule has 2 amide bonds. The highest BCUT2D eigenvalue weighted by molar-refractivity contribution is 5.90. The first-order chi connectivity index (χ1) is 15.1. The molecule has 5 rings (SSSR count). The minimum atomic E-state index is 0.0466. The zero-order valence-electron chi connectivity index (χ0n) is 18.5. The van der Waals surface area contributed by atoms with Crippen molar-refractivity contribution in [1.82, 2.24) is 29.7 Å². The summed E-state index contributed by atoms with van der Waals surface area (Å²) in [6.07, 6.45) is 9.47. The predicted octanol–water partition coefficient (Wildman–Crippen LogP) is 3.18. The molecular formula is C24H30N6O. The molecule has 0 saturated carbocycles. The van der Waals surface area contributed by atoms with Crippen molar-refractivity contribution in [1.29, 1.82) is 0 Å². The molecule has 0 bridgehead atoms. The average molecular weight is 419 g/mol. The number of aromatic nitrogens is 3. The van der Waals surface area contributed by atoms with Gasteiger partial charge in [-0.1, -0.05) is 12.1 Å².